The maximum atomic E-state index is 11.4. The maximum absolute atomic E-state index is 11.4. The molecule has 0 atom stereocenters. The Morgan fingerprint density at radius 2 is 1.70 bits per heavy atom. The van der Waals surface area contributed by atoms with Gasteiger partial charge in [0.25, 0.3) is 0 Å². The fourth-order valence-corrected chi connectivity index (χ4v) is 3.05. The van der Waals surface area contributed by atoms with E-state index in [0.717, 1.165) is 17.7 Å². The van der Waals surface area contributed by atoms with Crippen LogP contribution >= 0.6 is 0 Å². The van der Waals surface area contributed by atoms with Crippen molar-refractivity contribution in [2.75, 3.05) is 7.11 Å². The molecule has 23 heavy (non-hydrogen) atoms. The van der Waals surface area contributed by atoms with Crippen molar-refractivity contribution in [1.82, 2.24) is 0 Å². The fraction of sp³-hybridized carbons (Fsp3) is 0.650. The highest BCUT2D eigenvalue weighted by atomic mass is 16.5. The molecule has 0 saturated carbocycles. The molecule has 0 spiro atoms. The molecular weight excluding hydrogens is 286 g/mol. The average molecular weight is 319 g/mol. The van der Waals surface area contributed by atoms with Crippen LogP contribution in [-0.2, 0) is 5.41 Å². The third-order valence-corrected chi connectivity index (χ3v) is 4.62. The lowest BCUT2D eigenvalue weighted by atomic mass is 9.78. The Labute approximate surface area is 141 Å². The van der Waals surface area contributed by atoms with Crippen molar-refractivity contribution in [1.29, 1.82) is 0 Å². The van der Waals surface area contributed by atoms with Gasteiger partial charge in [0.05, 0.1) is 7.11 Å². The van der Waals surface area contributed by atoms with Gasteiger partial charge in [-0.1, -0.05) is 65.7 Å². The zero-order chi connectivity index (χ0) is 17.3. The molecule has 0 unspecified atom stereocenters. The second-order valence-electron chi connectivity index (χ2n) is 7.03. The molecule has 0 saturated heterocycles. The van der Waals surface area contributed by atoms with Gasteiger partial charge >= 0.3 is 0 Å². The van der Waals surface area contributed by atoms with Gasteiger partial charge in [0, 0.05) is 11.1 Å². The van der Waals surface area contributed by atoms with Crippen molar-refractivity contribution in [3.63, 3.8) is 0 Å². The average Bonchev–Trinajstić information content (AvgIpc) is 2.53. The molecule has 1 aromatic rings. The zero-order valence-electron chi connectivity index (χ0n) is 15.3. The summed E-state index contributed by atoms with van der Waals surface area (Å²) in [7, 11) is 1.67. The summed E-state index contributed by atoms with van der Waals surface area (Å²) in [5.41, 5.74) is 7.01. The summed E-state index contributed by atoms with van der Waals surface area (Å²) >= 11 is 0. The van der Waals surface area contributed by atoms with E-state index >= 15 is 0 Å². The van der Waals surface area contributed by atoms with Crippen molar-refractivity contribution in [3.05, 3.63) is 29.3 Å². The summed E-state index contributed by atoms with van der Waals surface area (Å²) in [6.07, 6.45) is 10.2. The van der Waals surface area contributed by atoms with Crippen LogP contribution in [-0.4, -0.2) is 13.0 Å². The predicted octanol–water partition coefficient (Wildman–Crippen LogP) is 5.21. The maximum Gasteiger partial charge on any atom is 0.248 e. The molecule has 0 aliphatic rings. The van der Waals surface area contributed by atoms with Crippen LogP contribution in [0.5, 0.6) is 5.75 Å². The van der Waals surface area contributed by atoms with Gasteiger partial charge in [-0.3, -0.25) is 4.79 Å². The summed E-state index contributed by atoms with van der Waals surface area (Å²) < 4.78 is 5.49. The number of primary amides is 1. The molecule has 1 amide bonds. The number of benzene rings is 1. The third kappa shape index (κ3) is 6.25. The number of hydrogen-bond donors (Lipinski definition) is 1. The number of carbonyl (C=O) groups excluding carboxylic acids is 1. The van der Waals surface area contributed by atoms with Crippen LogP contribution in [0.15, 0.2) is 18.2 Å². The minimum atomic E-state index is -0.388. The van der Waals surface area contributed by atoms with Crippen LogP contribution in [0.4, 0.5) is 0 Å². The largest absolute Gasteiger partial charge is 0.496 e. The van der Waals surface area contributed by atoms with Crippen molar-refractivity contribution >= 4 is 5.91 Å². The van der Waals surface area contributed by atoms with Crippen LogP contribution in [0.3, 0.4) is 0 Å². The standard InChI is InChI=1S/C20H33NO2/c1-5-6-7-8-9-10-11-14-20(2,3)17-15-16(19(21)22)12-13-18(17)23-4/h12-13,15H,5-11,14H2,1-4H3,(H2,21,22). The summed E-state index contributed by atoms with van der Waals surface area (Å²) in [6, 6.07) is 5.47. The third-order valence-electron chi connectivity index (χ3n) is 4.62. The van der Waals surface area contributed by atoms with Crippen molar-refractivity contribution in [2.24, 2.45) is 5.73 Å². The summed E-state index contributed by atoms with van der Waals surface area (Å²) in [6.45, 7) is 6.68. The lowest BCUT2D eigenvalue weighted by Gasteiger charge is -2.27. The van der Waals surface area contributed by atoms with Gasteiger partial charge in [-0.05, 0) is 30.0 Å². The predicted molar refractivity (Wildman–Crippen MR) is 97.1 cm³/mol. The summed E-state index contributed by atoms with van der Waals surface area (Å²) in [4.78, 5) is 11.4. The van der Waals surface area contributed by atoms with E-state index in [9.17, 15) is 4.79 Å². The number of rotatable bonds is 11. The number of nitrogens with two attached hydrogens (primary N) is 1. The second kappa shape index (κ2) is 9.59. The van der Waals surface area contributed by atoms with E-state index in [2.05, 4.69) is 20.8 Å². The normalized spacial score (nSPS) is 11.5. The Hall–Kier alpha value is -1.51. The van der Waals surface area contributed by atoms with E-state index in [1.807, 2.05) is 12.1 Å². The smallest absolute Gasteiger partial charge is 0.248 e. The molecule has 1 rings (SSSR count). The second-order valence-corrected chi connectivity index (χ2v) is 7.03. The van der Waals surface area contributed by atoms with Crippen molar-refractivity contribution in [3.8, 4) is 5.75 Å². The molecule has 0 aliphatic heterocycles. The van der Waals surface area contributed by atoms with Crippen LogP contribution in [0.2, 0.25) is 0 Å². The summed E-state index contributed by atoms with van der Waals surface area (Å²) in [5.74, 6) is 0.448. The Kier molecular flexibility index (Phi) is 8.15. The highest BCUT2D eigenvalue weighted by molar-refractivity contribution is 5.93. The quantitative estimate of drug-likeness (QED) is 0.569. The highest BCUT2D eigenvalue weighted by Gasteiger charge is 2.25. The van der Waals surface area contributed by atoms with Gasteiger partial charge < -0.3 is 10.5 Å². The van der Waals surface area contributed by atoms with Gasteiger partial charge in [0.2, 0.25) is 5.91 Å². The first kappa shape index (κ1) is 19.5. The Morgan fingerprint density at radius 3 is 2.26 bits per heavy atom. The van der Waals surface area contributed by atoms with Crippen LogP contribution in [0.25, 0.3) is 0 Å². The Bertz CT molecular complexity index is 494. The van der Waals surface area contributed by atoms with E-state index in [0.29, 0.717) is 5.56 Å². The number of amides is 1. The van der Waals surface area contributed by atoms with Gasteiger partial charge in [-0.15, -0.1) is 0 Å². The molecule has 2 N–H and O–H groups in total. The van der Waals surface area contributed by atoms with E-state index in [4.69, 9.17) is 10.5 Å². The number of hydrogen-bond acceptors (Lipinski definition) is 2. The molecule has 0 bridgehead atoms. The lowest BCUT2D eigenvalue weighted by molar-refractivity contribution is 0.1000. The van der Waals surface area contributed by atoms with Crippen LogP contribution < -0.4 is 10.5 Å². The van der Waals surface area contributed by atoms with Crippen molar-refractivity contribution < 1.29 is 9.53 Å². The molecular formula is C20H33NO2. The van der Waals surface area contributed by atoms with Gasteiger partial charge in [0.15, 0.2) is 0 Å². The Balaban J connectivity index is 2.64. The monoisotopic (exact) mass is 319 g/mol. The van der Waals surface area contributed by atoms with E-state index in [-0.39, 0.29) is 11.3 Å². The Morgan fingerprint density at radius 1 is 1.09 bits per heavy atom. The first-order valence-corrected chi connectivity index (χ1v) is 8.90. The van der Waals surface area contributed by atoms with E-state index < -0.39 is 0 Å². The fourth-order valence-electron chi connectivity index (χ4n) is 3.05. The van der Waals surface area contributed by atoms with Crippen molar-refractivity contribution in [2.45, 2.75) is 77.6 Å². The first-order chi connectivity index (χ1) is 10.9. The summed E-state index contributed by atoms with van der Waals surface area (Å²) in [5, 5.41) is 0. The number of methoxy groups -OCH3 is 1. The minimum absolute atomic E-state index is 0.0276. The van der Waals surface area contributed by atoms with E-state index in [1.165, 1.54) is 44.9 Å². The topological polar surface area (TPSA) is 52.3 Å². The molecule has 0 fully saturated rings. The molecule has 0 aromatic heterocycles. The number of unbranched alkanes of at least 4 members (excludes halogenated alkanes) is 6. The van der Waals surface area contributed by atoms with Crippen LogP contribution in [0, 0.1) is 0 Å². The first-order valence-electron chi connectivity index (χ1n) is 8.90. The van der Waals surface area contributed by atoms with Gasteiger partial charge in [0.1, 0.15) is 5.75 Å². The zero-order valence-corrected chi connectivity index (χ0v) is 15.3. The van der Waals surface area contributed by atoms with Crippen LogP contribution in [0.1, 0.15) is 88.1 Å². The molecule has 0 aliphatic carbocycles. The van der Waals surface area contributed by atoms with Gasteiger partial charge in [-0.2, -0.15) is 0 Å². The highest BCUT2D eigenvalue weighted by Crippen LogP contribution is 2.36. The molecule has 3 nitrogen and oxygen atoms in total. The lowest BCUT2D eigenvalue weighted by Crippen LogP contribution is -2.20. The number of carbonyl (C=O) groups is 1. The molecule has 0 radical (unpaired) electrons. The van der Waals surface area contributed by atoms with Gasteiger partial charge in [-0.25, -0.2) is 0 Å². The molecule has 1 aromatic carbocycles. The SMILES string of the molecule is CCCCCCCCCC(C)(C)c1cc(C(N)=O)ccc1OC. The van der Waals surface area contributed by atoms with E-state index in [1.54, 1.807) is 13.2 Å². The molecule has 3 heteroatoms. The number of ether oxygens (including phenoxy) is 1. The molecule has 130 valence electrons. The minimum Gasteiger partial charge on any atom is -0.496 e. The molecule has 0 heterocycles.